The van der Waals surface area contributed by atoms with Gasteiger partial charge >= 0.3 is 5.97 Å². The summed E-state index contributed by atoms with van der Waals surface area (Å²) in [5.74, 6) is -0.974. The molecule has 19 heavy (non-hydrogen) atoms. The van der Waals surface area contributed by atoms with E-state index in [1.807, 2.05) is 12.2 Å². The Bertz CT molecular complexity index is 338. The molecule has 3 nitrogen and oxygen atoms in total. The van der Waals surface area contributed by atoms with Gasteiger partial charge in [0.05, 0.1) is 6.10 Å². The third-order valence-electron chi connectivity index (χ3n) is 2.42. The summed E-state index contributed by atoms with van der Waals surface area (Å²) in [4.78, 5) is 10.2. The molecule has 0 saturated carbocycles. The van der Waals surface area contributed by atoms with Crippen LogP contribution < -0.4 is 0 Å². The van der Waals surface area contributed by atoms with Gasteiger partial charge in [-0.05, 0) is 19.3 Å². The number of rotatable bonds is 10. The SMILES string of the molecule is CCCCC/C=C/C=C/C(O)C/C=C/C=C/C(=O)O. The van der Waals surface area contributed by atoms with Crippen LogP contribution >= 0.6 is 0 Å². The fraction of sp³-hybridized carbons (Fsp3) is 0.438. The lowest BCUT2D eigenvalue weighted by Gasteiger charge is -1.98. The van der Waals surface area contributed by atoms with Crippen molar-refractivity contribution in [2.75, 3.05) is 0 Å². The minimum Gasteiger partial charge on any atom is -0.478 e. The lowest BCUT2D eigenvalue weighted by Crippen LogP contribution is -1.98. The first-order valence-electron chi connectivity index (χ1n) is 6.74. The highest BCUT2D eigenvalue weighted by molar-refractivity contribution is 5.80. The van der Waals surface area contributed by atoms with Crippen molar-refractivity contribution < 1.29 is 15.0 Å². The normalized spacial score (nSPS) is 14.2. The molecule has 0 aromatic heterocycles. The Kier molecular flexibility index (Phi) is 11.7. The molecule has 0 aromatic rings. The Morgan fingerprint density at radius 2 is 1.84 bits per heavy atom. The molecule has 0 rings (SSSR count). The summed E-state index contributed by atoms with van der Waals surface area (Å²) in [6.45, 7) is 2.18. The van der Waals surface area contributed by atoms with Gasteiger partial charge in [-0.25, -0.2) is 4.79 Å². The first kappa shape index (κ1) is 17.4. The smallest absolute Gasteiger partial charge is 0.328 e. The van der Waals surface area contributed by atoms with E-state index in [4.69, 9.17) is 5.11 Å². The number of hydrogen-bond acceptors (Lipinski definition) is 2. The largest absolute Gasteiger partial charge is 0.478 e. The van der Waals surface area contributed by atoms with Gasteiger partial charge in [0.2, 0.25) is 0 Å². The second-order valence-electron chi connectivity index (χ2n) is 4.24. The van der Waals surface area contributed by atoms with E-state index in [-0.39, 0.29) is 0 Å². The number of aliphatic hydroxyl groups excluding tert-OH is 1. The van der Waals surface area contributed by atoms with Crippen molar-refractivity contribution in [1.29, 1.82) is 0 Å². The van der Waals surface area contributed by atoms with Crippen molar-refractivity contribution in [3.8, 4) is 0 Å². The highest BCUT2D eigenvalue weighted by Gasteiger charge is 1.92. The summed E-state index contributed by atoms with van der Waals surface area (Å²) in [6.07, 6.45) is 18.2. The number of carboxylic acid groups (broad SMARTS) is 1. The molecule has 0 radical (unpaired) electrons. The van der Waals surface area contributed by atoms with Crippen LogP contribution in [0.3, 0.4) is 0 Å². The first-order chi connectivity index (χ1) is 9.16. The summed E-state index contributed by atoms with van der Waals surface area (Å²) in [7, 11) is 0. The molecule has 0 aliphatic carbocycles. The minimum atomic E-state index is -0.974. The fourth-order valence-corrected chi connectivity index (χ4v) is 1.39. The Balaban J connectivity index is 3.72. The van der Waals surface area contributed by atoms with Crippen molar-refractivity contribution in [2.24, 2.45) is 0 Å². The number of allylic oxidation sites excluding steroid dienone is 5. The highest BCUT2D eigenvalue weighted by Crippen LogP contribution is 2.00. The van der Waals surface area contributed by atoms with E-state index < -0.39 is 12.1 Å². The molecule has 0 spiro atoms. The molecule has 1 unspecified atom stereocenters. The number of unbranched alkanes of at least 4 members (excludes halogenated alkanes) is 3. The quantitative estimate of drug-likeness (QED) is 0.360. The number of hydrogen-bond donors (Lipinski definition) is 2. The van der Waals surface area contributed by atoms with Gasteiger partial charge in [-0.15, -0.1) is 0 Å². The van der Waals surface area contributed by atoms with Gasteiger partial charge in [0, 0.05) is 6.08 Å². The van der Waals surface area contributed by atoms with Crippen LogP contribution in [0.5, 0.6) is 0 Å². The molecule has 1 atom stereocenters. The average molecular weight is 264 g/mol. The van der Waals surface area contributed by atoms with Crippen LogP contribution in [0.25, 0.3) is 0 Å². The zero-order valence-corrected chi connectivity index (χ0v) is 11.5. The van der Waals surface area contributed by atoms with Crippen molar-refractivity contribution >= 4 is 5.97 Å². The van der Waals surface area contributed by atoms with Gasteiger partial charge in [-0.1, -0.05) is 62.3 Å². The van der Waals surface area contributed by atoms with Crippen LogP contribution in [0.15, 0.2) is 48.6 Å². The summed E-state index contributed by atoms with van der Waals surface area (Å²) >= 11 is 0. The average Bonchev–Trinajstić information content (AvgIpc) is 2.37. The predicted octanol–water partition coefficient (Wildman–Crippen LogP) is 3.63. The van der Waals surface area contributed by atoms with E-state index in [1.165, 1.54) is 25.3 Å². The first-order valence-corrected chi connectivity index (χ1v) is 6.74. The van der Waals surface area contributed by atoms with Crippen molar-refractivity contribution in [1.82, 2.24) is 0 Å². The molecule has 0 aromatic carbocycles. The van der Waals surface area contributed by atoms with Crippen molar-refractivity contribution in [3.63, 3.8) is 0 Å². The van der Waals surface area contributed by atoms with Gasteiger partial charge in [0.25, 0.3) is 0 Å². The van der Waals surface area contributed by atoms with Gasteiger partial charge in [0.1, 0.15) is 0 Å². The van der Waals surface area contributed by atoms with Crippen LogP contribution in [-0.4, -0.2) is 22.3 Å². The second kappa shape index (κ2) is 12.8. The van der Waals surface area contributed by atoms with Crippen molar-refractivity contribution in [2.45, 2.75) is 45.1 Å². The van der Waals surface area contributed by atoms with Gasteiger partial charge in [-0.2, -0.15) is 0 Å². The maximum absolute atomic E-state index is 10.2. The fourth-order valence-electron chi connectivity index (χ4n) is 1.39. The van der Waals surface area contributed by atoms with E-state index in [1.54, 1.807) is 18.2 Å². The molecule has 0 fully saturated rings. The zero-order chi connectivity index (χ0) is 14.3. The maximum atomic E-state index is 10.2. The lowest BCUT2D eigenvalue weighted by molar-refractivity contribution is -0.131. The van der Waals surface area contributed by atoms with Gasteiger partial charge < -0.3 is 10.2 Å². The standard InChI is InChI=1S/C16H24O3/c1-2-3-4-5-6-7-9-12-15(17)13-10-8-11-14-16(18)19/h6-12,14-15,17H,2-5,13H2,1H3,(H,18,19)/b7-6+,10-8+,12-9+,14-11+. The van der Waals surface area contributed by atoms with E-state index in [2.05, 4.69) is 13.0 Å². The molecule has 2 N–H and O–H groups in total. The number of aliphatic carboxylic acids is 1. The molecule has 106 valence electrons. The minimum absolute atomic E-state index is 0.476. The van der Waals surface area contributed by atoms with E-state index in [0.29, 0.717) is 6.42 Å². The summed E-state index contributed by atoms with van der Waals surface area (Å²) in [5.41, 5.74) is 0. The van der Waals surface area contributed by atoms with E-state index in [9.17, 15) is 9.90 Å². The Morgan fingerprint density at radius 3 is 2.53 bits per heavy atom. The van der Waals surface area contributed by atoms with E-state index in [0.717, 1.165) is 12.5 Å². The second-order valence-corrected chi connectivity index (χ2v) is 4.24. The third kappa shape index (κ3) is 14.3. The summed E-state index contributed by atoms with van der Waals surface area (Å²) < 4.78 is 0. The van der Waals surface area contributed by atoms with Crippen molar-refractivity contribution in [3.05, 3.63) is 48.6 Å². The Labute approximate surface area is 115 Å². The monoisotopic (exact) mass is 264 g/mol. The number of carbonyl (C=O) groups is 1. The van der Waals surface area contributed by atoms with Crippen LogP contribution in [0.1, 0.15) is 39.0 Å². The van der Waals surface area contributed by atoms with Gasteiger partial charge in [-0.3, -0.25) is 0 Å². The van der Waals surface area contributed by atoms with Crippen LogP contribution in [-0.2, 0) is 4.79 Å². The van der Waals surface area contributed by atoms with E-state index >= 15 is 0 Å². The van der Waals surface area contributed by atoms with Crippen LogP contribution in [0, 0.1) is 0 Å². The highest BCUT2D eigenvalue weighted by atomic mass is 16.4. The molecule has 0 aliphatic heterocycles. The Morgan fingerprint density at radius 1 is 1.11 bits per heavy atom. The third-order valence-corrected chi connectivity index (χ3v) is 2.42. The topological polar surface area (TPSA) is 57.5 Å². The maximum Gasteiger partial charge on any atom is 0.328 e. The molecular formula is C16H24O3. The molecule has 0 bridgehead atoms. The summed E-state index contributed by atoms with van der Waals surface area (Å²) in [5, 5.41) is 17.9. The predicted molar refractivity (Wildman–Crippen MR) is 79.0 cm³/mol. The lowest BCUT2D eigenvalue weighted by atomic mass is 10.2. The zero-order valence-electron chi connectivity index (χ0n) is 11.5. The molecule has 0 heterocycles. The summed E-state index contributed by atoms with van der Waals surface area (Å²) in [6, 6.07) is 0. The number of carboxylic acids is 1. The molecule has 0 saturated heterocycles. The molecule has 0 aliphatic rings. The van der Waals surface area contributed by atoms with Gasteiger partial charge in [0.15, 0.2) is 0 Å². The molecular weight excluding hydrogens is 240 g/mol. The Hall–Kier alpha value is -1.61. The molecule has 0 amide bonds. The number of aliphatic hydroxyl groups is 1. The van der Waals surface area contributed by atoms with Crippen LogP contribution in [0.4, 0.5) is 0 Å². The van der Waals surface area contributed by atoms with Crippen LogP contribution in [0.2, 0.25) is 0 Å². The molecule has 3 heteroatoms.